The number of Topliss-reactive ketones (excluding diaryl/α,β-unsaturated/α-hetero) is 1. The molecule has 0 radical (unpaired) electrons. The van der Waals surface area contributed by atoms with Crippen LogP contribution in [0, 0.1) is 10.8 Å². The molecule has 0 fully saturated rings. The van der Waals surface area contributed by atoms with Crippen LogP contribution in [-0.2, 0) is 47.6 Å². The summed E-state index contributed by atoms with van der Waals surface area (Å²) in [4.78, 5) is 47.9. The van der Waals surface area contributed by atoms with Crippen LogP contribution in [0.25, 0.3) is 0 Å². The molecule has 39 heavy (non-hydrogen) atoms. The Bertz CT molecular complexity index is 882. The number of allylic oxidation sites excluding steroid dienone is 2. The molecule has 0 heterocycles. The molecule has 0 aromatic rings. The van der Waals surface area contributed by atoms with Gasteiger partial charge < -0.3 is 28.4 Å². The fourth-order valence-corrected chi connectivity index (χ4v) is 3.13. The zero-order chi connectivity index (χ0) is 29.9. The Balaban J connectivity index is 6.11. The van der Waals surface area contributed by atoms with Crippen LogP contribution in [0.4, 0.5) is 0 Å². The average Bonchev–Trinajstić information content (AvgIpc) is 2.94. The van der Waals surface area contributed by atoms with E-state index in [-0.39, 0.29) is 70.6 Å². The smallest absolute Gasteiger partial charge is 0.330 e. The zero-order valence-corrected chi connectivity index (χ0v) is 23.0. The predicted molar refractivity (Wildman–Crippen MR) is 145 cm³/mol. The molecule has 0 aliphatic rings. The average molecular weight is 549 g/mol. The molecule has 0 rings (SSSR count). The molecule has 0 aromatic heterocycles. The van der Waals surface area contributed by atoms with E-state index in [9.17, 15) is 19.2 Å². The first-order chi connectivity index (χ1) is 18.4. The van der Waals surface area contributed by atoms with Gasteiger partial charge in [0, 0.05) is 31.8 Å². The first-order valence-corrected chi connectivity index (χ1v) is 12.0. The Morgan fingerprint density at radius 3 is 1.49 bits per heavy atom. The van der Waals surface area contributed by atoms with Gasteiger partial charge in [-0.15, -0.1) is 0 Å². The summed E-state index contributed by atoms with van der Waals surface area (Å²) in [6.45, 7) is 21.9. The molecular formula is C29H40O10. The molecule has 0 bridgehead atoms. The number of carbonyl (C=O) groups excluding carboxylic acids is 4. The maximum Gasteiger partial charge on any atom is 0.330 e. The minimum absolute atomic E-state index is 0.0197. The third kappa shape index (κ3) is 14.1. The van der Waals surface area contributed by atoms with Crippen molar-refractivity contribution in [1.82, 2.24) is 0 Å². The largest absolute Gasteiger partial charge is 0.493 e. The van der Waals surface area contributed by atoms with E-state index in [1.165, 1.54) is 13.2 Å². The summed E-state index contributed by atoms with van der Waals surface area (Å²) >= 11 is 0. The molecule has 0 N–H and O–H groups in total. The molecule has 0 aliphatic heterocycles. The van der Waals surface area contributed by atoms with E-state index in [0.29, 0.717) is 5.57 Å². The fraction of sp³-hybridized carbons (Fsp3) is 0.448. The summed E-state index contributed by atoms with van der Waals surface area (Å²) in [5.74, 6) is -2.00. The highest BCUT2D eigenvalue weighted by Crippen LogP contribution is 2.30. The van der Waals surface area contributed by atoms with Gasteiger partial charge in [0.2, 0.25) is 0 Å². The van der Waals surface area contributed by atoms with Gasteiger partial charge in [-0.2, -0.15) is 0 Å². The highest BCUT2D eigenvalue weighted by atomic mass is 16.6. The Labute approximate surface area is 230 Å². The van der Waals surface area contributed by atoms with Crippen molar-refractivity contribution in [1.29, 1.82) is 0 Å². The molecule has 0 amide bonds. The minimum atomic E-state index is -1.13. The van der Waals surface area contributed by atoms with E-state index in [1.54, 1.807) is 6.92 Å². The van der Waals surface area contributed by atoms with Crippen molar-refractivity contribution in [2.45, 2.75) is 19.8 Å². The van der Waals surface area contributed by atoms with E-state index in [4.69, 9.17) is 28.4 Å². The second kappa shape index (κ2) is 18.5. The van der Waals surface area contributed by atoms with Crippen molar-refractivity contribution in [2.75, 3.05) is 53.4 Å². The molecule has 0 saturated carbocycles. The lowest BCUT2D eigenvalue weighted by molar-refractivity contribution is -0.157. The Morgan fingerprint density at radius 2 is 1.08 bits per heavy atom. The van der Waals surface area contributed by atoms with Crippen molar-refractivity contribution in [3.63, 3.8) is 0 Å². The number of hydrogen-bond donors (Lipinski definition) is 0. The van der Waals surface area contributed by atoms with E-state index in [1.807, 2.05) is 0 Å². The standard InChI is InChI=1S/C29H40O10/c1-9-23(7)36-20-29(15-34-8,21-39-27(33)12-4)17-35-16-28(18-37-25(31)10-2,19-38-26(32)11-3)14-13-24(30)22(5)6/h9-12H,1-5,7,13-21H2,6,8H3. The maximum absolute atomic E-state index is 12.4. The quantitative estimate of drug-likeness (QED) is 0.0616. The summed E-state index contributed by atoms with van der Waals surface area (Å²) in [5.41, 5.74) is -1.79. The molecule has 10 nitrogen and oxygen atoms in total. The molecule has 0 saturated heterocycles. The van der Waals surface area contributed by atoms with Crippen LogP contribution in [-0.4, -0.2) is 77.0 Å². The molecular weight excluding hydrogens is 508 g/mol. The van der Waals surface area contributed by atoms with E-state index in [2.05, 4.69) is 39.5 Å². The minimum Gasteiger partial charge on any atom is -0.493 e. The number of carbonyl (C=O) groups is 4. The lowest BCUT2D eigenvalue weighted by Gasteiger charge is -2.36. The van der Waals surface area contributed by atoms with Crippen LogP contribution in [0.1, 0.15) is 19.8 Å². The van der Waals surface area contributed by atoms with Crippen LogP contribution in [0.3, 0.4) is 0 Å². The molecule has 0 aromatic carbocycles. The van der Waals surface area contributed by atoms with E-state index < -0.39 is 28.7 Å². The lowest BCUT2D eigenvalue weighted by atomic mass is 9.84. The first-order valence-electron chi connectivity index (χ1n) is 12.0. The molecule has 0 aliphatic carbocycles. The molecule has 10 heteroatoms. The maximum atomic E-state index is 12.4. The first kappa shape index (κ1) is 35.2. The summed E-state index contributed by atoms with van der Waals surface area (Å²) in [6.07, 6.45) is 4.56. The molecule has 1 unspecified atom stereocenters. The van der Waals surface area contributed by atoms with Crippen LogP contribution >= 0.6 is 0 Å². The monoisotopic (exact) mass is 548 g/mol. The zero-order valence-electron chi connectivity index (χ0n) is 23.0. The topological polar surface area (TPSA) is 124 Å². The summed E-state index contributed by atoms with van der Waals surface area (Å²) in [6, 6.07) is 0. The predicted octanol–water partition coefficient (Wildman–Crippen LogP) is 3.45. The Hall–Kier alpha value is -3.76. The number of ether oxygens (including phenoxy) is 6. The molecule has 1 atom stereocenters. The molecule has 0 spiro atoms. The fourth-order valence-electron chi connectivity index (χ4n) is 3.13. The number of hydrogen-bond acceptors (Lipinski definition) is 10. The van der Waals surface area contributed by atoms with Crippen molar-refractivity contribution in [2.24, 2.45) is 10.8 Å². The number of methoxy groups -OCH3 is 1. The van der Waals surface area contributed by atoms with Crippen molar-refractivity contribution < 1.29 is 47.6 Å². The SMILES string of the molecule is C=CC(=C)OCC(COC)(COCC(CCC(=O)C(=C)C)(COC(=O)C=C)COC(=O)C=C)COC(=O)C=C. The Kier molecular flexibility index (Phi) is 16.7. The van der Waals surface area contributed by atoms with E-state index >= 15 is 0 Å². The number of ketones is 1. The third-order valence-electron chi connectivity index (χ3n) is 5.48. The van der Waals surface area contributed by atoms with Gasteiger partial charge in [-0.05, 0) is 25.0 Å². The number of esters is 3. The summed E-state index contributed by atoms with van der Waals surface area (Å²) in [5, 5.41) is 0. The highest BCUT2D eigenvalue weighted by Gasteiger charge is 2.38. The van der Waals surface area contributed by atoms with Gasteiger partial charge in [0.25, 0.3) is 0 Å². The van der Waals surface area contributed by atoms with Crippen molar-refractivity contribution in [3.8, 4) is 0 Å². The van der Waals surface area contributed by atoms with Gasteiger partial charge in [0.15, 0.2) is 5.78 Å². The third-order valence-corrected chi connectivity index (χ3v) is 5.48. The van der Waals surface area contributed by atoms with E-state index in [0.717, 1.165) is 18.2 Å². The lowest BCUT2D eigenvalue weighted by Crippen LogP contribution is -2.44. The van der Waals surface area contributed by atoms with Gasteiger partial charge >= 0.3 is 17.9 Å². The highest BCUT2D eigenvalue weighted by molar-refractivity contribution is 5.94. The van der Waals surface area contributed by atoms with Crippen LogP contribution in [0.15, 0.2) is 75.1 Å². The van der Waals surface area contributed by atoms with Gasteiger partial charge in [-0.25, -0.2) is 14.4 Å². The second-order valence-corrected chi connectivity index (χ2v) is 9.02. The van der Waals surface area contributed by atoms with Gasteiger partial charge in [0.1, 0.15) is 32.2 Å². The van der Waals surface area contributed by atoms with Crippen LogP contribution < -0.4 is 0 Å². The normalized spacial score (nSPS) is 12.2. The van der Waals surface area contributed by atoms with Gasteiger partial charge in [0.05, 0.1) is 30.7 Å². The van der Waals surface area contributed by atoms with Crippen LogP contribution in [0.5, 0.6) is 0 Å². The summed E-state index contributed by atoms with van der Waals surface area (Å²) < 4.78 is 33.0. The van der Waals surface area contributed by atoms with Gasteiger partial charge in [-0.1, -0.05) is 39.5 Å². The van der Waals surface area contributed by atoms with Crippen LogP contribution in [0.2, 0.25) is 0 Å². The number of rotatable bonds is 23. The summed E-state index contributed by atoms with van der Waals surface area (Å²) in [7, 11) is 1.46. The van der Waals surface area contributed by atoms with Crippen molar-refractivity contribution >= 4 is 23.7 Å². The molecule has 216 valence electrons. The van der Waals surface area contributed by atoms with Gasteiger partial charge in [-0.3, -0.25) is 4.79 Å². The second-order valence-electron chi connectivity index (χ2n) is 9.02. The Morgan fingerprint density at radius 1 is 0.641 bits per heavy atom. The van der Waals surface area contributed by atoms with Crippen molar-refractivity contribution in [3.05, 3.63) is 75.1 Å².